The number of nitrogens with two attached hydrogens (primary N) is 1. The van der Waals surface area contributed by atoms with E-state index < -0.39 is 0 Å². The molecule has 6 nitrogen and oxygen atoms in total. The first-order chi connectivity index (χ1) is 14.5. The molecule has 0 spiro atoms. The molecule has 0 saturated carbocycles. The summed E-state index contributed by atoms with van der Waals surface area (Å²) >= 11 is 6.34. The number of hydrogen-bond donors (Lipinski definition) is 2. The van der Waals surface area contributed by atoms with Gasteiger partial charge in [-0.15, -0.1) is 0 Å². The molecule has 0 bridgehead atoms. The van der Waals surface area contributed by atoms with Crippen LogP contribution in [0.4, 0.5) is 0 Å². The molecule has 1 aromatic carbocycles. The van der Waals surface area contributed by atoms with E-state index in [0.717, 1.165) is 11.1 Å². The van der Waals surface area contributed by atoms with Gasteiger partial charge in [-0.25, -0.2) is 5.01 Å². The topological polar surface area (TPSA) is 90.3 Å². The molecule has 0 unspecified atom stereocenters. The Labute approximate surface area is 182 Å². The van der Waals surface area contributed by atoms with Gasteiger partial charge in [-0.3, -0.25) is 4.98 Å². The Morgan fingerprint density at radius 3 is 2.53 bits per heavy atom. The number of benzene rings is 1. The van der Waals surface area contributed by atoms with Crippen LogP contribution in [0, 0.1) is 18.3 Å². The first-order valence-corrected chi connectivity index (χ1v) is 9.73. The molecule has 0 amide bonds. The maximum atomic E-state index is 9.73. The first-order valence-electron chi connectivity index (χ1n) is 9.35. The Hall–Kier alpha value is -3.40. The molecule has 0 radical (unpaired) electrons. The lowest BCUT2D eigenvalue weighted by Gasteiger charge is -2.32. The number of nitrogens with zero attached hydrogens (tertiary/aromatic N) is 4. The van der Waals surface area contributed by atoms with Gasteiger partial charge in [-0.1, -0.05) is 42.4 Å². The molecule has 7 heteroatoms. The standard InChI is InChI=1S/C17H18ClN5.C6H7N/c1-4-22-23-11(2)13(9-19)16(14(10-20)17(23)21-3)12-7-5-6-8-15(12)18;1-6-3-2-4-7-5-6/h4-8,21H,2,9,19H2,1,3H3;2-5H,1H3/b22-4-;. The second-order valence-corrected chi connectivity index (χ2v) is 6.69. The van der Waals surface area contributed by atoms with Crippen LogP contribution in [-0.4, -0.2) is 29.8 Å². The lowest BCUT2D eigenvalue weighted by Crippen LogP contribution is -2.32. The summed E-state index contributed by atoms with van der Waals surface area (Å²) in [6.07, 6.45) is 5.24. The van der Waals surface area contributed by atoms with Gasteiger partial charge in [-0.2, -0.15) is 10.4 Å². The minimum Gasteiger partial charge on any atom is -0.372 e. The predicted octanol–water partition coefficient (Wildman–Crippen LogP) is 4.23. The average Bonchev–Trinajstić information content (AvgIpc) is 2.76. The van der Waals surface area contributed by atoms with Crippen molar-refractivity contribution in [3.05, 3.63) is 94.2 Å². The van der Waals surface area contributed by atoms with Crippen LogP contribution in [0.1, 0.15) is 18.1 Å². The van der Waals surface area contributed by atoms with Crippen LogP contribution in [0.5, 0.6) is 0 Å². The van der Waals surface area contributed by atoms with Crippen molar-refractivity contribution in [2.75, 3.05) is 13.6 Å². The smallest absolute Gasteiger partial charge is 0.146 e. The number of aryl methyl sites for hydroxylation is 1. The molecule has 1 aliphatic heterocycles. The van der Waals surface area contributed by atoms with E-state index in [1.807, 2.05) is 43.5 Å². The van der Waals surface area contributed by atoms with Crippen LogP contribution in [0.2, 0.25) is 5.02 Å². The number of nitriles is 1. The first kappa shape index (κ1) is 22.9. The van der Waals surface area contributed by atoms with Gasteiger partial charge in [0, 0.05) is 53.9 Å². The van der Waals surface area contributed by atoms with E-state index in [1.54, 1.807) is 37.5 Å². The number of nitrogens with one attached hydrogen (secondary N) is 1. The van der Waals surface area contributed by atoms with E-state index in [9.17, 15) is 5.26 Å². The fourth-order valence-corrected chi connectivity index (χ4v) is 3.22. The van der Waals surface area contributed by atoms with Crippen molar-refractivity contribution in [3.8, 4) is 6.07 Å². The van der Waals surface area contributed by atoms with Gasteiger partial charge in [-0.05, 0) is 31.5 Å². The highest BCUT2D eigenvalue weighted by Crippen LogP contribution is 2.40. The maximum absolute atomic E-state index is 9.73. The Morgan fingerprint density at radius 2 is 2.07 bits per heavy atom. The van der Waals surface area contributed by atoms with Crippen molar-refractivity contribution in [1.29, 1.82) is 5.26 Å². The van der Waals surface area contributed by atoms with Crippen LogP contribution in [0.25, 0.3) is 5.57 Å². The molecule has 0 fully saturated rings. The van der Waals surface area contributed by atoms with Crippen molar-refractivity contribution in [2.24, 2.45) is 10.8 Å². The summed E-state index contributed by atoms with van der Waals surface area (Å²) in [5.41, 5.74) is 10.4. The van der Waals surface area contributed by atoms with Crippen LogP contribution in [0.15, 0.2) is 83.1 Å². The van der Waals surface area contributed by atoms with Gasteiger partial charge >= 0.3 is 0 Å². The Morgan fingerprint density at radius 1 is 1.33 bits per heavy atom. The summed E-state index contributed by atoms with van der Waals surface area (Å²) in [6.45, 7) is 8.12. The Balaban J connectivity index is 0.000000386. The number of pyridine rings is 1. The van der Waals surface area contributed by atoms with Gasteiger partial charge < -0.3 is 11.1 Å². The molecule has 0 atom stereocenters. The SMILES string of the molecule is C=C1C(CN)=C(c2ccccc2Cl)C(C#N)=C(NC)N1/N=C\C.Cc1cccnc1. The molecule has 154 valence electrons. The van der Waals surface area contributed by atoms with Crippen LogP contribution in [0.3, 0.4) is 0 Å². The molecular formula is C23H25ClN6. The lowest BCUT2D eigenvalue weighted by atomic mass is 9.89. The summed E-state index contributed by atoms with van der Waals surface area (Å²) < 4.78 is 0. The second-order valence-electron chi connectivity index (χ2n) is 6.29. The minimum atomic E-state index is 0.220. The fraction of sp³-hybridized carbons (Fsp3) is 0.174. The van der Waals surface area contributed by atoms with Crippen molar-refractivity contribution in [2.45, 2.75) is 13.8 Å². The summed E-state index contributed by atoms with van der Waals surface area (Å²) in [5.74, 6) is 0.544. The van der Waals surface area contributed by atoms with Crippen LogP contribution in [-0.2, 0) is 0 Å². The molecule has 2 heterocycles. The van der Waals surface area contributed by atoms with Crippen LogP contribution < -0.4 is 11.1 Å². The summed E-state index contributed by atoms with van der Waals surface area (Å²) in [7, 11) is 1.73. The van der Waals surface area contributed by atoms with E-state index in [2.05, 4.69) is 28.1 Å². The minimum absolute atomic E-state index is 0.220. The lowest BCUT2D eigenvalue weighted by molar-refractivity contribution is 0.428. The normalized spacial score (nSPS) is 13.9. The number of hydrogen-bond acceptors (Lipinski definition) is 6. The highest BCUT2D eigenvalue weighted by Gasteiger charge is 2.30. The number of rotatable bonds is 4. The molecule has 1 aromatic heterocycles. The average molecular weight is 421 g/mol. The molecule has 30 heavy (non-hydrogen) atoms. The van der Waals surface area contributed by atoms with E-state index in [-0.39, 0.29) is 6.54 Å². The third kappa shape index (κ3) is 4.95. The molecule has 3 N–H and O–H groups in total. The van der Waals surface area contributed by atoms with Gasteiger partial charge in [0.15, 0.2) is 0 Å². The highest BCUT2D eigenvalue weighted by atomic mass is 35.5. The zero-order valence-corrected chi connectivity index (χ0v) is 18.1. The van der Waals surface area contributed by atoms with Gasteiger partial charge in [0.2, 0.25) is 0 Å². The molecule has 0 saturated heterocycles. The highest BCUT2D eigenvalue weighted by molar-refractivity contribution is 6.32. The Kier molecular flexibility index (Phi) is 8.36. The summed E-state index contributed by atoms with van der Waals surface area (Å²) in [5, 5.41) is 19.2. The summed E-state index contributed by atoms with van der Waals surface area (Å²) in [6, 6.07) is 13.5. The van der Waals surface area contributed by atoms with E-state index >= 15 is 0 Å². The van der Waals surface area contributed by atoms with E-state index in [1.165, 1.54) is 5.56 Å². The predicted molar refractivity (Wildman–Crippen MR) is 123 cm³/mol. The number of halogens is 1. The van der Waals surface area contributed by atoms with Crippen molar-refractivity contribution in [3.63, 3.8) is 0 Å². The maximum Gasteiger partial charge on any atom is 0.146 e. The quantitative estimate of drug-likeness (QED) is 0.722. The monoisotopic (exact) mass is 420 g/mol. The number of aromatic nitrogens is 1. The molecule has 1 aliphatic rings. The van der Waals surface area contributed by atoms with Crippen molar-refractivity contribution < 1.29 is 0 Å². The van der Waals surface area contributed by atoms with Gasteiger partial charge in [0.25, 0.3) is 0 Å². The second kappa shape index (κ2) is 11.0. The number of hydrazone groups is 1. The van der Waals surface area contributed by atoms with Crippen molar-refractivity contribution >= 4 is 23.4 Å². The van der Waals surface area contributed by atoms with Crippen LogP contribution >= 0.6 is 11.6 Å². The largest absolute Gasteiger partial charge is 0.372 e. The van der Waals surface area contributed by atoms with Gasteiger partial charge in [0.1, 0.15) is 17.5 Å². The Bertz CT molecular complexity index is 1030. The fourth-order valence-electron chi connectivity index (χ4n) is 2.99. The summed E-state index contributed by atoms with van der Waals surface area (Å²) in [4.78, 5) is 3.88. The van der Waals surface area contributed by atoms with Gasteiger partial charge in [0.05, 0.1) is 5.70 Å². The molecule has 2 aromatic rings. The van der Waals surface area contributed by atoms with E-state index in [4.69, 9.17) is 17.3 Å². The van der Waals surface area contributed by atoms with Crippen molar-refractivity contribution in [1.82, 2.24) is 15.3 Å². The zero-order chi connectivity index (χ0) is 22.1. The zero-order valence-electron chi connectivity index (χ0n) is 17.4. The third-order valence-corrected chi connectivity index (χ3v) is 4.67. The molecule has 3 rings (SSSR count). The number of allylic oxidation sites excluding steroid dienone is 2. The third-order valence-electron chi connectivity index (χ3n) is 4.34. The molecule has 0 aliphatic carbocycles. The van der Waals surface area contributed by atoms with E-state index in [0.29, 0.717) is 27.7 Å². The molecular weight excluding hydrogens is 396 g/mol.